The van der Waals surface area contributed by atoms with Crippen LogP contribution in [0.25, 0.3) is 0 Å². The number of benzene rings is 1. The number of hydrogen-bond donors (Lipinski definition) is 2. The Labute approximate surface area is 92.1 Å². The fourth-order valence-corrected chi connectivity index (χ4v) is 1.18. The predicted octanol–water partition coefficient (Wildman–Crippen LogP) is 1.38. The van der Waals surface area contributed by atoms with Gasteiger partial charge in [0.05, 0.1) is 12.2 Å². The molecule has 1 aromatic rings. The average Bonchev–Trinajstić information content (AvgIpc) is 2.23. The number of carbonyl (C=O) groups is 1. The molecule has 0 aliphatic carbocycles. The van der Waals surface area contributed by atoms with Gasteiger partial charge in [-0.25, -0.2) is 8.78 Å². The summed E-state index contributed by atoms with van der Waals surface area (Å²) in [5.41, 5.74) is -0.0256. The third-order valence-electron chi connectivity index (χ3n) is 2.14. The minimum Gasteiger partial charge on any atom is -0.394 e. The Bertz CT molecular complexity index is 407. The molecule has 1 amide bonds. The maximum atomic E-state index is 13.3. The Morgan fingerprint density at radius 1 is 1.44 bits per heavy atom. The number of rotatable bonds is 3. The highest BCUT2D eigenvalue weighted by atomic mass is 19.1. The summed E-state index contributed by atoms with van der Waals surface area (Å²) in [4.78, 5) is 11.5. The van der Waals surface area contributed by atoms with Crippen molar-refractivity contribution in [1.29, 1.82) is 0 Å². The molecule has 0 aliphatic rings. The second-order valence-electron chi connectivity index (χ2n) is 3.64. The molecule has 0 aromatic heterocycles. The fraction of sp³-hybridized carbons (Fsp3) is 0.364. The van der Waals surface area contributed by atoms with E-state index in [1.807, 2.05) is 0 Å². The van der Waals surface area contributed by atoms with E-state index in [1.165, 1.54) is 6.92 Å². The third kappa shape index (κ3) is 2.76. The first-order chi connectivity index (χ1) is 7.45. The van der Waals surface area contributed by atoms with Crippen molar-refractivity contribution in [2.75, 3.05) is 6.61 Å². The van der Waals surface area contributed by atoms with E-state index in [9.17, 15) is 13.6 Å². The van der Waals surface area contributed by atoms with Crippen molar-refractivity contribution >= 4 is 5.91 Å². The van der Waals surface area contributed by atoms with Gasteiger partial charge in [-0.2, -0.15) is 0 Å². The quantitative estimate of drug-likeness (QED) is 0.822. The summed E-state index contributed by atoms with van der Waals surface area (Å²) in [6, 6.07) is 1.34. The molecular weight excluding hydrogens is 216 g/mol. The van der Waals surface area contributed by atoms with E-state index in [1.54, 1.807) is 6.92 Å². The molecule has 0 spiro atoms. The molecule has 0 heterocycles. The van der Waals surface area contributed by atoms with Crippen molar-refractivity contribution < 1.29 is 18.7 Å². The molecule has 1 atom stereocenters. The first-order valence-corrected chi connectivity index (χ1v) is 4.83. The summed E-state index contributed by atoms with van der Waals surface area (Å²) in [5.74, 6) is -2.27. The molecule has 88 valence electrons. The molecular formula is C11H13F2NO2. The maximum absolute atomic E-state index is 13.3. The van der Waals surface area contributed by atoms with Gasteiger partial charge in [0.2, 0.25) is 0 Å². The normalized spacial score (nSPS) is 12.3. The van der Waals surface area contributed by atoms with Crippen LogP contribution in [0.3, 0.4) is 0 Å². The molecule has 1 rings (SSSR count). The highest BCUT2D eigenvalue weighted by Crippen LogP contribution is 2.14. The van der Waals surface area contributed by atoms with Crippen LogP contribution in [0.5, 0.6) is 0 Å². The minimum absolute atomic E-state index is 0.197. The van der Waals surface area contributed by atoms with Crippen LogP contribution in [-0.4, -0.2) is 23.7 Å². The van der Waals surface area contributed by atoms with Crippen LogP contribution in [0.2, 0.25) is 0 Å². The number of aryl methyl sites for hydroxylation is 1. The molecule has 2 N–H and O–H groups in total. The lowest BCUT2D eigenvalue weighted by molar-refractivity contribution is 0.0918. The molecule has 0 fully saturated rings. The Balaban J connectivity index is 2.96. The molecule has 1 unspecified atom stereocenters. The van der Waals surface area contributed by atoms with Crippen molar-refractivity contribution in [3.63, 3.8) is 0 Å². The topological polar surface area (TPSA) is 49.3 Å². The lowest BCUT2D eigenvalue weighted by Crippen LogP contribution is -2.35. The minimum atomic E-state index is -0.911. The molecule has 5 heteroatoms. The smallest absolute Gasteiger partial charge is 0.254 e. The molecule has 0 saturated heterocycles. The summed E-state index contributed by atoms with van der Waals surface area (Å²) in [6.45, 7) is 2.78. The zero-order valence-corrected chi connectivity index (χ0v) is 9.05. The standard InChI is InChI=1S/C11H13F2NO2/c1-6-3-8(10(13)4-9(6)12)11(16)14-7(2)5-15/h3-4,7,15H,5H2,1-2H3,(H,14,16). The molecule has 0 bridgehead atoms. The van der Waals surface area contributed by atoms with Gasteiger partial charge in [-0.3, -0.25) is 4.79 Å². The van der Waals surface area contributed by atoms with E-state index in [-0.39, 0.29) is 17.7 Å². The number of halogens is 2. The average molecular weight is 229 g/mol. The summed E-state index contributed by atoms with van der Waals surface area (Å²) >= 11 is 0. The van der Waals surface area contributed by atoms with E-state index < -0.39 is 23.6 Å². The number of carbonyl (C=O) groups excluding carboxylic acids is 1. The fourth-order valence-electron chi connectivity index (χ4n) is 1.18. The van der Waals surface area contributed by atoms with Crippen molar-refractivity contribution in [3.8, 4) is 0 Å². The van der Waals surface area contributed by atoms with E-state index >= 15 is 0 Å². The van der Waals surface area contributed by atoms with Gasteiger partial charge in [-0.05, 0) is 25.5 Å². The van der Waals surface area contributed by atoms with Crippen molar-refractivity contribution in [2.24, 2.45) is 0 Å². The Kier molecular flexibility index (Phi) is 3.95. The zero-order valence-electron chi connectivity index (χ0n) is 9.05. The third-order valence-corrected chi connectivity index (χ3v) is 2.14. The van der Waals surface area contributed by atoms with Crippen LogP contribution < -0.4 is 5.32 Å². The first-order valence-electron chi connectivity index (χ1n) is 4.83. The second-order valence-corrected chi connectivity index (χ2v) is 3.64. The van der Waals surface area contributed by atoms with E-state index in [2.05, 4.69) is 5.32 Å². The van der Waals surface area contributed by atoms with Gasteiger partial charge in [0.25, 0.3) is 5.91 Å². The Hall–Kier alpha value is -1.49. The molecule has 3 nitrogen and oxygen atoms in total. The summed E-state index contributed by atoms with van der Waals surface area (Å²) < 4.78 is 26.2. The molecule has 0 saturated carbocycles. The van der Waals surface area contributed by atoms with Crippen LogP contribution >= 0.6 is 0 Å². The van der Waals surface area contributed by atoms with Crippen molar-refractivity contribution in [2.45, 2.75) is 19.9 Å². The van der Waals surface area contributed by atoms with Crippen LogP contribution in [0.15, 0.2) is 12.1 Å². The van der Waals surface area contributed by atoms with Gasteiger partial charge >= 0.3 is 0 Å². The maximum Gasteiger partial charge on any atom is 0.254 e. The number of amides is 1. The zero-order chi connectivity index (χ0) is 12.3. The van der Waals surface area contributed by atoms with E-state index in [4.69, 9.17) is 5.11 Å². The van der Waals surface area contributed by atoms with E-state index in [0.717, 1.165) is 6.07 Å². The van der Waals surface area contributed by atoms with Crippen LogP contribution in [0, 0.1) is 18.6 Å². The molecule has 16 heavy (non-hydrogen) atoms. The highest BCUT2D eigenvalue weighted by Gasteiger charge is 2.15. The number of hydrogen-bond acceptors (Lipinski definition) is 2. The Morgan fingerprint density at radius 3 is 2.62 bits per heavy atom. The van der Waals surface area contributed by atoms with E-state index in [0.29, 0.717) is 6.07 Å². The van der Waals surface area contributed by atoms with Crippen LogP contribution in [0.1, 0.15) is 22.8 Å². The molecule has 0 aliphatic heterocycles. The molecule has 0 radical (unpaired) electrons. The lowest BCUT2D eigenvalue weighted by atomic mass is 10.1. The Morgan fingerprint density at radius 2 is 2.06 bits per heavy atom. The second kappa shape index (κ2) is 5.03. The highest BCUT2D eigenvalue weighted by molar-refractivity contribution is 5.94. The van der Waals surface area contributed by atoms with Crippen LogP contribution in [-0.2, 0) is 0 Å². The summed E-state index contributed by atoms with van der Waals surface area (Å²) in [5, 5.41) is 11.1. The number of aliphatic hydroxyl groups is 1. The lowest BCUT2D eigenvalue weighted by Gasteiger charge is -2.11. The monoisotopic (exact) mass is 229 g/mol. The number of nitrogens with one attached hydrogen (secondary N) is 1. The van der Waals surface area contributed by atoms with Crippen LogP contribution in [0.4, 0.5) is 8.78 Å². The van der Waals surface area contributed by atoms with Crippen molar-refractivity contribution in [3.05, 3.63) is 34.9 Å². The SMILES string of the molecule is Cc1cc(C(=O)NC(C)CO)c(F)cc1F. The van der Waals surface area contributed by atoms with Gasteiger partial charge in [-0.15, -0.1) is 0 Å². The van der Waals surface area contributed by atoms with Gasteiger partial charge in [-0.1, -0.05) is 0 Å². The number of aliphatic hydroxyl groups excluding tert-OH is 1. The van der Waals surface area contributed by atoms with Gasteiger partial charge in [0.15, 0.2) is 0 Å². The largest absolute Gasteiger partial charge is 0.394 e. The molecule has 1 aromatic carbocycles. The van der Waals surface area contributed by atoms with Gasteiger partial charge in [0, 0.05) is 12.1 Å². The summed E-state index contributed by atoms with van der Waals surface area (Å²) in [7, 11) is 0. The van der Waals surface area contributed by atoms with Gasteiger partial charge < -0.3 is 10.4 Å². The first kappa shape index (κ1) is 12.6. The van der Waals surface area contributed by atoms with Crippen molar-refractivity contribution in [1.82, 2.24) is 5.32 Å². The van der Waals surface area contributed by atoms with Gasteiger partial charge in [0.1, 0.15) is 11.6 Å². The predicted molar refractivity (Wildman–Crippen MR) is 55.1 cm³/mol. The summed E-state index contributed by atoms with van der Waals surface area (Å²) in [6.07, 6.45) is 0.